The summed E-state index contributed by atoms with van der Waals surface area (Å²) in [7, 11) is 0. The number of hydrogen-bond donors (Lipinski definition) is 1. The second-order valence-electron chi connectivity index (χ2n) is 6.40. The number of hydrogen-bond acceptors (Lipinski definition) is 4. The maximum absolute atomic E-state index is 14.3. The molecule has 1 aromatic heterocycles. The molecule has 0 aliphatic carbocycles. The van der Waals surface area contributed by atoms with Gasteiger partial charge in [0.15, 0.2) is 0 Å². The lowest BCUT2D eigenvalue weighted by atomic mass is 10.0. The fourth-order valence-electron chi connectivity index (χ4n) is 3.73. The summed E-state index contributed by atoms with van der Waals surface area (Å²) in [6.45, 7) is 0.280. The van der Waals surface area contributed by atoms with E-state index in [2.05, 4.69) is 15.3 Å². The normalized spacial score (nSPS) is 25.3. The largest absolute Gasteiger partial charge is 0.373 e. The highest BCUT2D eigenvalue weighted by molar-refractivity contribution is 5.85. The average molecular weight is 350 g/mol. The minimum atomic E-state index is -0.245. The Hall–Kier alpha value is -1.56. The van der Waals surface area contributed by atoms with E-state index in [9.17, 15) is 4.39 Å². The molecule has 4 nitrogen and oxygen atoms in total. The van der Waals surface area contributed by atoms with E-state index in [4.69, 9.17) is 4.74 Å². The predicted octanol–water partition coefficient (Wildman–Crippen LogP) is 3.50. The molecular formula is C18H21ClFN3O. The van der Waals surface area contributed by atoms with E-state index < -0.39 is 0 Å². The third-order valence-corrected chi connectivity index (χ3v) is 4.85. The average Bonchev–Trinajstić information content (AvgIpc) is 2.93. The second-order valence-corrected chi connectivity index (χ2v) is 6.40. The highest BCUT2D eigenvalue weighted by Gasteiger charge is 2.34. The van der Waals surface area contributed by atoms with Crippen molar-refractivity contribution in [3.8, 4) is 11.3 Å². The Morgan fingerprint density at radius 1 is 1.17 bits per heavy atom. The minimum Gasteiger partial charge on any atom is -0.373 e. The van der Waals surface area contributed by atoms with Crippen molar-refractivity contribution in [2.75, 3.05) is 0 Å². The molecule has 24 heavy (non-hydrogen) atoms. The quantitative estimate of drug-likeness (QED) is 0.917. The summed E-state index contributed by atoms with van der Waals surface area (Å²) in [5.41, 5.74) is 2.00. The Labute approximate surface area is 147 Å². The molecule has 2 bridgehead atoms. The molecule has 2 aliphatic rings. The molecule has 4 rings (SSSR count). The van der Waals surface area contributed by atoms with Crippen molar-refractivity contribution in [3.05, 3.63) is 48.2 Å². The van der Waals surface area contributed by atoms with Crippen molar-refractivity contribution in [2.45, 2.75) is 50.5 Å². The Balaban J connectivity index is 0.00000169. The number of piperidine rings is 1. The Bertz CT molecular complexity index is 673. The van der Waals surface area contributed by atoms with Crippen molar-refractivity contribution in [1.82, 2.24) is 15.3 Å². The smallest absolute Gasteiger partial charge is 0.129 e. The van der Waals surface area contributed by atoms with Gasteiger partial charge in [0.25, 0.3) is 0 Å². The van der Waals surface area contributed by atoms with E-state index in [1.54, 1.807) is 24.7 Å². The topological polar surface area (TPSA) is 47.0 Å². The fourth-order valence-corrected chi connectivity index (χ4v) is 3.73. The lowest BCUT2D eigenvalue weighted by Crippen LogP contribution is -2.41. The summed E-state index contributed by atoms with van der Waals surface area (Å²) in [4.78, 5) is 8.36. The number of aromatic nitrogens is 2. The van der Waals surface area contributed by atoms with Gasteiger partial charge in [0, 0.05) is 35.6 Å². The second kappa shape index (κ2) is 7.55. The van der Waals surface area contributed by atoms with Gasteiger partial charge in [0.2, 0.25) is 0 Å². The standard InChI is InChI=1S/C18H20FN3O.ClH/c19-17-3-1-2-15(18-10-20-6-7-21-18)16(17)11-23-14-8-12-4-5-13(9-14)22-12;/h1-3,6-7,10,12-14,22H,4-5,8-9,11H2;1H. The van der Waals surface area contributed by atoms with E-state index in [0.29, 0.717) is 23.3 Å². The lowest BCUT2D eigenvalue weighted by Gasteiger charge is -2.29. The van der Waals surface area contributed by atoms with Crippen LogP contribution in [0.15, 0.2) is 36.8 Å². The highest BCUT2D eigenvalue weighted by atomic mass is 35.5. The monoisotopic (exact) mass is 349 g/mol. The van der Waals surface area contributed by atoms with Crippen LogP contribution in [0.2, 0.25) is 0 Å². The van der Waals surface area contributed by atoms with Crippen LogP contribution in [0.4, 0.5) is 4.39 Å². The van der Waals surface area contributed by atoms with E-state index in [1.165, 1.54) is 18.9 Å². The third-order valence-electron chi connectivity index (χ3n) is 4.85. The molecule has 0 spiro atoms. The molecule has 0 amide bonds. The maximum Gasteiger partial charge on any atom is 0.129 e. The molecule has 1 N–H and O–H groups in total. The van der Waals surface area contributed by atoms with Crippen molar-refractivity contribution in [3.63, 3.8) is 0 Å². The minimum absolute atomic E-state index is 0. The Kier molecular flexibility index (Phi) is 5.43. The van der Waals surface area contributed by atoms with Gasteiger partial charge in [-0.25, -0.2) is 4.39 Å². The van der Waals surface area contributed by atoms with Gasteiger partial charge >= 0.3 is 0 Å². The summed E-state index contributed by atoms with van der Waals surface area (Å²) < 4.78 is 20.4. The first-order chi connectivity index (χ1) is 11.3. The Morgan fingerprint density at radius 2 is 1.96 bits per heavy atom. The zero-order valence-electron chi connectivity index (χ0n) is 13.3. The van der Waals surface area contributed by atoms with Crippen LogP contribution in [0.1, 0.15) is 31.2 Å². The number of rotatable bonds is 4. The molecule has 1 aromatic carbocycles. The van der Waals surface area contributed by atoms with Crippen molar-refractivity contribution in [2.24, 2.45) is 0 Å². The van der Waals surface area contributed by atoms with E-state index in [-0.39, 0.29) is 30.9 Å². The summed E-state index contributed by atoms with van der Waals surface area (Å²) >= 11 is 0. The van der Waals surface area contributed by atoms with Gasteiger partial charge in [-0.05, 0) is 31.7 Å². The molecule has 128 valence electrons. The number of nitrogens with zero attached hydrogens (tertiary/aromatic N) is 2. The number of ether oxygens (including phenoxy) is 1. The van der Waals surface area contributed by atoms with E-state index in [0.717, 1.165) is 18.4 Å². The van der Waals surface area contributed by atoms with Gasteiger partial charge in [-0.3, -0.25) is 9.97 Å². The first kappa shape index (κ1) is 17.3. The van der Waals surface area contributed by atoms with Gasteiger partial charge < -0.3 is 10.1 Å². The molecule has 2 fully saturated rings. The number of halogens is 2. The van der Waals surface area contributed by atoms with Gasteiger partial charge in [-0.15, -0.1) is 12.4 Å². The van der Waals surface area contributed by atoms with Gasteiger partial charge in [0.1, 0.15) is 5.82 Å². The lowest BCUT2D eigenvalue weighted by molar-refractivity contribution is 0.00820. The Morgan fingerprint density at radius 3 is 2.67 bits per heavy atom. The molecule has 2 aliphatic heterocycles. The van der Waals surface area contributed by atoms with Crippen LogP contribution in [-0.4, -0.2) is 28.2 Å². The molecule has 2 atom stereocenters. The first-order valence-corrected chi connectivity index (χ1v) is 8.21. The van der Waals surface area contributed by atoms with Crippen LogP contribution < -0.4 is 5.32 Å². The number of nitrogens with one attached hydrogen (secondary N) is 1. The molecule has 2 aromatic rings. The molecule has 0 saturated carbocycles. The van der Waals surface area contributed by atoms with Crippen molar-refractivity contribution < 1.29 is 9.13 Å². The van der Waals surface area contributed by atoms with Crippen LogP contribution in [0.25, 0.3) is 11.3 Å². The molecule has 3 heterocycles. The van der Waals surface area contributed by atoms with Gasteiger partial charge in [-0.1, -0.05) is 12.1 Å². The molecule has 0 radical (unpaired) electrons. The fraction of sp³-hybridized carbons (Fsp3) is 0.444. The van der Waals surface area contributed by atoms with Crippen molar-refractivity contribution in [1.29, 1.82) is 0 Å². The van der Waals surface area contributed by atoms with Crippen LogP contribution >= 0.6 is 12.4 Å². The van der Waals surface area contributed by atoms with E-state index in [1.807, 2.05) is 6.07 Å². The zero-order chi connectivity index (χ0) is 15.6. The van der Waals surface area contributed by atoms with E-state index >= 15 is 0 Å². The van der Waals surface area contributed by atoms with Gasteiger partial charge in [0.05, 0.1) is 24.6 Å². The molecular weight excluding hydrogens is 329 g/mol. The molecule has 2 saturated heterocycles. The summed E-state index contributed by atoms with van der Waals surface area (Å²) in [6, 6.07) is 6.19. The predicted molar refractivity (Wildman–Crippen MR) is 92.4 cm³/mol. The number of benzene rings is 1. The summed E-state index contributed by atoms with van der Waals surface area (Å²) in [6.07, 6.45) is 9.60. The van der Waals surface area contributed by atoms with Crippen LogP contribution in [0.3, 0.4) is 0 Å². The summed E-state index contributed by atoms with van der Waals surface area (Å²) in [5, 5.41) is 3.59. The van der Waals surface area contributed by atoms with Crippen LogP contribution in [-0.2, 0) is 11.3 Å². The highest BCUT2D eigenvalue weighted by Crippen LogP contribution is 2.30. The first-order valence-electron chi connectivity index (χ1n) is 8.21. The summed E-state index contributed by atoms with van der Waals surface area (Å²) in [5.74, 6) is -0.245. The van der Waals surface area contributed by atoms with Crippen LogP contribution in [0.5, 0.6) is 0 Å². The SMILES string of the molecule is Cl.Fc1cccc(-c2cnccn2)c1COC1CC2CCC(C1)N2. The molecule has 2 unspecified atom stereocenters. The zero-order valence-corrected chi connectivity index (χ0v) is 14.1. The van der Waals surface area contributed by atoms with Crippen LogP contribution in [0, 0.1) is 5.82 Å². The van der Waals surface area contributed by atoms with Crippen molar-refractivity contribution >= 4 is 12.4 Å². The maximum atomic E-state index is 14.3. The third kappa shape index (κ3) is 3.58. The van der Waals surface area contributed by atoms with Gasteiger partial charge in [-0.2, -0.15) is 0 Å². The molecule has 6 heteroatoms. The number of fused-ring (bicyclic) bond motifs is 2.